The molecule has 6 heteroatoms. The van der Waals surface area contributed by atoms with Crippen LogP contribution in [0.1, 0.15) is 386 Å². The van der Waals surface area contributed by atoms with Gasteiger partial charge in [-0.15, -0.1) is 0 Å². The van der Waals surface area contributed by atoms with Crippen molar-refractivity contribution in [2.24, 2.45) is 0 Å². The Balaban J connectivity index is 3.41. The average Bonchev–Trinajstić information content (AvgIpc) is 3.40. The number of unbranched alkanes of at least 4 members (excludes halogenated alkanes) is 53. The third-order valence-corrected chi connectivity index (χ3v) is 16.1. The quantitative estimate of drug-likeness (QED) is 0.0320. The molecule has 0 aliphatic heterocycles. The van der Waals surface area contributed by atoms with Crippen LogP contribution in [0.25, 0.3) is 0 Å². The van der Waals surface area contributed by atoms with E-state index in [9.17, 15) is 19.8 Å². The Kier molecular flexibility index (Phi) is 62.9. The SMILES string of the molecule is CCCCCCCCCCCCCCCCCCCCCCC/C=C/C(O)C(CO)NC(=O)CCCCCCCCCCCCCCCCCCCCCCCCOC(=O)CCCCCCCCCCCCCC. The summed E-state index contributed by atoms with van der Waals surface area (Å²) in [4.78, 5) is 24.5. The monoisotopic (exact) mass is 1040 g/mol. The minimum atomic E-state index is -0.845. The Hall–Kier alpha value is -1.40. The molecule has 0 aliphatic rings. The van der Waals surface area contributed by atoms with E-state index in [4.69, 9.17) is 4.74 Å². The van der Waals surface area contributed by atoms with Gasteiger partial charge in [0.15, 0.2) is 0 Å². The maximum absolute atomic E-state index is 12.5. The van der Waals surface area contributed by atoms with Crippen molar-refractivity contribution < 1.29 is 24.5 Å². The zero-order valence-corrected chi connectivity index (χ0v) is 50.4. The predicted molar refractivity (Wildman–Crippen MR) is 324 cm³/mol. The van der Waals surface area contributed by atoms with Crippen molar-refractivity contribution in [3.05, 3.63) is 12.2 Å². The molecule has 3 N–H and O–H groups in total. The average molecular weight is 1040 g/mol. The highest BCUT2D eigenvalue weighted by atomic mass is 16.5. The molecule has 0 fully saturated rings. The lowest BCUT2D eigenvalue weighted by atomic mass is 10.0. The highest BCUT2D eigenvalue weighted by Gasteiger charge is 2.18. The molecule has 0 aromatic carbocycles. The molecule has 440 valence electrons. The Morgan fingerprint density at radius 1 is 0.365 bits per heavy atom. The number of esters is 1. The van der Waals surface area contributed by atoms with Gasteiger partial charge in [0, 0.05) is 12.8 Å². The number of nitrogens with one attached hydrogen (secondary N) is 1. The Morgan fingerprint density at radius 2 is 0.622 bits per heavy atom. The number of aliphatic hydroxyl groups is 2. The van der Waals surface area contributed by atoms with Crippen LogP contribution in [0, 0.1) is 0 Å². The van der Waals surface area contributed by atoms with Crippen LogP contribution in [0.2, 0.25) is 0 Å². The molecule has 2 atom stereocenters. The smallest absolute Gasteiger partial charge is 0.305 e. The summed E-state index contributed by atoms with van der Waals surface area (Å²) in [5.74, 6) is -0.0490. The summed E-state index contributed by atoms with van der Waals surface area (Å²) in [5.41, 5.74) is 0. The van der Waals surface area contributed by atoms with Gasteiger partial charge in [-0.3, -0.25) is 9.59 Å². The van der Waals surface area contributed by atoms with Crippen LogP contribution in [-0.4, -0.2) is 47.4 Å². The molecule has 0 rings (SSSR count). The van der Waals surface area contributed by atoms with Crippen LogP contribution in [-0.2, 0) is 14.3 Å². The summed E-state index contributed by atoms with van der Waals surface area (Å²) < 4.78 is 5.48. The second-order valence-corrected chi connectivity index (χ2v) is 23.5. The largest absolute Gasteiger partial charge is 0.466 e. The first kappa shape index (κ1) is 72.6. The molecule has 2 unspecified atom stereocenters. The van der Waals surface area contributed by atoms with Crippen LogP contribution in [0.3, 0.4) is 0 Å². The zero-order chi connectivity index (χ0) is 53.6. The molecule has 0 aromatic heterocycles. The number of rotatable bonds is 64. The second kappa shape index (κ2) is 64.1. The van der Waals surface area contributed by atoms with E-state index in [1.807, 2.05) is 6.08 Å². The molecule has 0 spiro atoms. The molecule has 0 heterocycles. The molecular weight excluding hydrogens is 911 g/mol. The normalized spacial score (nSPS) is 12.5. The van der Waals surface area contributed by atoms with Crippen LogP contribution < -0.4 is 5.32 Å². The highest BCUT2D eigenvalue weighted by molar-refractivity contribution is 5.76. The molecule has 0 saturated heterocycles. The van der Waals surface area contributed by atoms with Crippen molar-refractivity contribution in [2.45, 2.75) is 398 Å². The van der Waals surface area contributed by atoms with Gasteiger partial charge in [-0.1, -0.05) is 353 Å². The molecule has 0 radical (unpaired) electrons. The first-order valence-corrected chi connectivity index (χ1v) is 34.0. The molecule has 0 saturated carbocycles. The fourth-order valence-corrected chi connectivity index (χ4v) is 10.9. The highest BCUT2D eigenvalue weighted by Crippen LogP contribution is 2.19. The van der Waals surface area contributed by atoms with E-state index in [1.165, 1.54) is 321 Å². The van der Waals surface area contributed by atoms with Gasteiger partial charge in [-0.25, -0.2) is 0 Å². The number of hydrogen-bond donors (Lipinski definition) is 3. The Bertz CT molecular complexity index is 1110. The van der Waals surface area contributed by atoms with Gasteiger partial charge in [-0.05, 0) is 32.1 Å². The number of hydrogen-bond acceptors (Lipinski definition) is 5. The lowest BCUT2D eigenvalue weighted by molar-refractivity contribution is -0.143. The number of ether oxygens (including phenoxy) is 1. The molecule has 6 nitrogen and oxygen atoms in total. The second-order valence-electron chi connectivity index (χ2n) is 23.5. The van der Waals surface area contributed by atoms with Gasteiger partial charge in [0.1, 0.15) is 0 Å². The van der Waals surface area contributed by atoms with Gasteiger partial charge in [0.25, 0.3) is 0 Å². The fourth-order valence-electron chi connectivity index (χ4n) is 10.9. The van der Waals surface area contributed by atoms with Gasteiger partial charge < -0.3 is 20.3 Å². The van der Waals surface area contributed by atoms with Crippen molar-refractivity contribution in [1.82, 2.24) is 5.32 Å². The van der Waals surface area contributed by atoms with Crippen LogP contribution in [0.5, 0.6) is 0 Å². The molecule has 0 aromatic rings. The summed E-state index contributed by atoms with van der Waals surface area (Å²) in [6, 6.07) is -0.628. The molecular formula is C68H133NO5. The van der Waals surface area contributed by atoms with Crippen molar-refractivity contribution in [3.63, 3.8) is 0 Å². The number of carbonyl (C=O) groups excluding carboxylic acids is 2. The molecule has 0 aliphatic carbocycles. The molecule has 1 amide bonds. The van der Waals surface area contributed by atoms with Gasteiger partial charge in [-0.2, -0.15) is 0 Å². The van der Waals surface area contributed by atoms with Crippen LogP contribution in [0.4, 0.5) is 0 Å². The number of aliphatic hydroxyl groups excluding tert-OH is 2. The molecule has 74 heavy (non-hydrogen) atoms. The number of allylic oxidation sites excluding steroid dienone is 1. The van der Waals surface area contributed by atoms with Gasteiger partial charge in [0.05, 0.1) is 25.4 Å². The van der Waals surface area contributed by atoms with Crippen LogP contribution in [0.15, 0.2) is 12.2 Å². The lowest BCUT2D eigenvalue weighted by Crippen LogP contribution is -2.45. The predicted octanol–water partition coefficient (Wildman–Crippen LogP) is 21.6. The maximum atomic E-state index is 12.5. The summed E-state index contributed by atoms with van der Waals surface area (Å²) in [5, 5.41) is 23.3. The lowest BCUT2D eigenvalue weighted by Gasteiger charge is -2.20. The first-order valence-electron chi connectivity index (χ1n) is 34.0. The zero-order valence-electron chi connectivity index (χ0n) is 50.4. The van der Waals surface area contributed by atoms with Gasteiger partial charge in [0.2, 0.25) is 5.91 Å². The van der Waals surface area contributed by atoms with E-state index in [0.717, 1.165) is 38.5 Å². The van der Waals surface area contributed by atoms with E-state index < -0.39 is 12.1 Å². The minimum Gasteiger partial charge on any atom is -0.466 e. The van der Waals surface area contributed by atoms with Crippen LogP contribution >= 0.6 is 0 Å². The number of amides is 1. The summed E-state index contributed by atoms with van der Waals surface area (Å²) >= 11 is 0. The van der Waals surface area contributed by atoms with E-state index in [1.54, 1.807) is 6.08 Å². The molecule has 0 bridgehead atoms. The summed E-state index contributed by atoms with van der Waals surface area (Å²) in [6.45, 7) is 4.94. The van der Waals surface area contributed by atoms with Crippen molar-refractivity contribution >= 4 is 11.9 Å². The van der Waals surface area contributed by atoms with Crippen molar-refractivity contribution in [3.8, 4) is 0 Å². The Morgan fingerprint density at radius 3 is 0.919 bits per heavy atom. The van der Waals surface area contributed by atoms with Crippen molar-refractivity contribution in [2.75, 3.05) is 13.2 Å². The number of carbonyl (C=O) groups is 2. The van der Waals surface area contributed by atoms with E-state index in [0.29, 0.717) is 19.4 Å². The minimum absolute atomic E-state index is 0.0144. The topological polar surface area (TPSA) is 95.9 Å². The summed E-state index contributed by atoms with van der Waals surface area (Å²) in [7, 11) is 0. The fraction of sp³-hybridized carbons (Fsp3) is 0.941. The van der Waals surface area contributed by atoms with Gasteiger partial charge >= 0.3 is 5.97 Å². The standard InChI is InChI=1S/C68H133NO5/c1-3-5-7-9-11-13-15-17-18-19-20-21-22-25-28-31-34-37-40-44-48-52-56-60-66(71)65(64-70)69-67(72)61-57-53-49-45-41-38-35-32-29-26-23-24-27-30-33-36-39-43-47-51-55-59-63-74-68(73)62-58-54-50-46-42-16-14-12-10-8-6-4-2/h56,60,65-66,70-71H,3-55,57-59,61-64H2,1-2H3,(H,69,72)/b60-56+. The van der Waals surface area contributed by atoms with Crippen molar-refractivity contribution in [1.29, 1.82) is 0 Å². The van der Waals surface area contributed by atoms with E-state index in [2.05, 4.69) is 19.2 Å². The third-order valence-electron chi connectivity index (χ3n) is 16.1. The Labute approximate surface area is 463 Å². The maximum Gasteiger partial charge on any atom is 0.305 e. The third kappa shape index (κ3) is 59.8. The first-order chi connectivity index (χ1) is 36.5. The van der Waals surface area contributed by atoms with E-state index >= 15 is 0 Å². The summed E-state index contributed by atoms with van der Waals surface area (Å²) in [6.07, 6.45) is 78.5. The van der Waals surface area contributed by atoms with E-state index in [-0.39, 0.29) is 18.5 Å².